The van der Waals surface area contributed by atoms with Crippen LogP contribution in [0.25, 0.3) is 0 Å². The number of nitrogens with one attached hydrogen (secondary N) is 1. The third kappa shape index (κ3) is 4.99. The molecule has 0 atom stereocenters. The van der Waals surface area contributed by atoms with Crippen LogP contribution in [0.2, 0.25) is 0 Å². The van der Waals surface area contributed by atoms with E-state index in [1.54, 1.807) is 0 Å². The molecule has 1 aromatic heterocycles. The lowest BCUT2D eigenvalue weighted by molar-refractivity contribution is 0.503. The maximum atomic E-state index is 4.73. The van der Waals surface area contributed by atoms with Gasteiger partial charge in [-0.1, -0.05) is 33.8 Å². The van der Waals surface area contributed by atoms with Gasteiger partial charge in [0.1, 0.15) is 5.82 Å². The number of nitrogens with zero attached hydrogens (tertiary/aromatic N) is 2. The van der Waals surface area contributed by atoms with E-state index in [1.807, 2.05) is 6.20 Å². The average Bonchev–Trinajstić information content (AvgIpc) is 3.30. The molecule has 0 bridgehead atoms. The molecule has 118 valence electrons. The lowest BCUT2D eigenvalue weighted by Crippen LogP contribution is -2.38. The van der Waals surface area contributed by atoms with Crippen LogP contribution >= 0.6 is 0 Å². The number of hydrogen-bond acceptors (Lipinski definition) is 3. The largest absolute Gasteiger partial charge is 0.353 e. The summed E-state index contributed by atoms with van der Waals surface area (Å²) in [6.07, 6.45) is 7.07. The smallest absolute Gasteiger partial charge is 0.128 e. The van der Waals surface area contributed by atoms with Crippen LogP contribution < -0.4 is 10.2 Å². The lowest BCUT2D eigenvalue weighted by atomic mass is 10.1. The molecule has 0 radical (unpaired) electrons. The summed E-state index contributed by atoms with van der Waals surface area (Å²) in [7, 11) is 0. The first-order chi connectivity index (χ1) is 10.1. The van der Waals surface area contributed by atoms with Crippen LogP contribution in [-0.4, -0.2) is 23.6 Å². The van der Waals surface area contributed by atoms with Gasteiger partial charge in [0.25, 0.3) is 0 Å². The summed E-state index contributed by atoms with van der Waals surface area (Å²) in [5, 5.41) is 3.55. The van der Waals surface area contributed by atoms with E-state index in [4.69, 9.17) is 4.98 Å². The molecule has 2 rings (SSSR count). The van der Waals surface area contributed by atoms with Crippen LogP contribution in [-0.2, 0) is 6.54 Å². The van der Waals surface area contributed by atoms with Crippen LogP contribution in [0.4, 0.5) is 5.82 Å². The van der Waals surface area contributed by atoms with Crippen molar-refractivity contribution < 1.29 is 0 Å². The molecule has 21 heavy (non-hydrogen) atoms. The Kier molecular flexibility index (Phi) is 6.04. The van der Waals surface area contributed by atoms with Crippen LogP contribution in [0.5, 0.6) is 0 Å². The van der Waals surface area contributed by atoms with E-state index in [0.717, 1.165) is 24.9 Å². The first kappa shape index (κ1) is 16.3. The second-order valence-corrected chi connectivity index (χ2v) is 6.70. The molecule has 1 heterocycles. The Labute approximate surface area is 130 Å². The summed E-state index contributed by atoms with van der Waals surface area (Å²) < 4.78 is 0. The molecule has 0 aromatic carbocycles. The fourth-order valence-electron chi connectivity index (χ4n) is 2.79. The van der Waals surface area contributed by atoms with E-state index in [-0.39, 0.29) is 0 Å². The molecular weight excluding hydrogens is 258 g/mol. The zero-order valence-electron chi connectivity index (χ0n) is 14.1. The molecular formula is C18H31N3. The number of aromatic nitrogens is 1. The highest BCUT2D eigenvalue weighted by Crippen LogP contribution is 2.21. The summed E-state index contributed by atoms with van der Waals surface area (Å²) >= 11 is 0. The fraction of sp³-hybridized carbons (Fsp3) is 0.722. The standard InChI is InChI=1S/C18H31N3/c1-5-17(6-2)21(13-14(3)4)18-10-7-15(12-20-18)11-19-16-8-9-16/h7,10,12,14,16-17,19H,5-6,8-9,11,13H2,1-4H3. The topological polar surface area (TPSA) is 28.2 Å². The molecule has 0 spiro atoms. The highest BCUT2D eigenvalue weighted by atomic mass is 15.2. The number of pyridine rings is 1. The zero-order chi connectivity index (χ0) is 15.2. The Morgan fingerprint density at radius 2 is 1.95 bits per heavy atom. The molecule has 0 saturated heterocycles. The Morgan fingerprint density at radius 3 is 2.43 bits per heavy atom. The second-order valence-electron chi connectivity index (χ2n) is 6.70. The number of hydrogen-bond donors (Lipinski definition) is 1. The average molecular weight is 289 g/mol. The van der Waals surface area contributed by atoms with Crippen molar-refractivity contribution in [1.29, 1.82) is 0 Å². The third-order valence-corrected chi connectivity index (χ3v) is 4.22. The van der Waals surface area contributed by atoms with Crippen LogP contribution in [0.3, 0.4) is 0 Å². The first-order valence-corrected chi connectivity index (χ1v) is 8.59. The van der Waals surface area contributed by atoms with Gasteiger partial charge in [0, 0.05) is 31.4 Å². The Morgan fingerprint density at radius 1 is 1.24 bits per heavy atom. The van der Waals surface area contributed by atoms with Crippen molar-refractivity contribution in [1.82, 2.24) is 10.3 Å². The minimum Gasteiger partial charge on any atom is -0.353 e. The van der Waals surface area contributed by atoms with E-state index in [2.05, 4.69) is 50.0 Å². The van der Waals surface area contributed by atoms with Gasteiger partial charge in [-0.3, -0.25) is 0 Å². The predicted octanol–water partition coefficient (Wildman–Crippen LogP) is 3.98. The number of rotatable bonds is 9. The first-order valence-electron chi connectivity index (χ1n) is 8.59. The fourth-order valence-corrected chi connectivity index (χ4v) is 2.79. The molecule has 0 amide bonds. The third-order valence-electron chi connectivity index (χ3n) is 4.22. The van der Waals surface area contributed by atoms with Crippen LogP contribution in [0, 0.1) is 5.92 Å². The molecule has 1 N–H and O–H groups in total. The Hall–Kier alpha value is -1.09. The van der Waals surface area contributed by atoms with Gasteiger partial charge >= 0.3 is 0 Å². The summed E-state index contributed by atoms with van der Waals surface area (Å²) in [5.41, 5.74) is 1.29. The maximum absolute atomic E-state index is 4.73. The van der Waals surface area contributed by atoms with Gasteiger partial charge in [0.2, 0.25) is 0 Å². The van der Waals surface area contributed by atoms with Crippen molar-refractivity contribution in [3.05, 3.63) is 23.9 Å². The summed E-state index contributed by atoms with van der Waals surface area (Å²) in [6, 6.07) is 5.78. The molecule has 1 aliphatic carbocycles. The maximum Gasteiger partial charge on any atom is 0.128 e. The SMILES string of the molecule is CCC(CC)N(CC(C)C)c1ccc(CNC2CC2)cn1. The minimum atomic E-state index is 0.593. The molecule has 0 unspecified atom stereocenters. The van der Waals surface area contributed by atoms with E-state index >= 15 is 0 Å². The van der Waals surface area contributed by atoms with Crippen molar-refractivity contribution in [3.8, 4) is 0 Å². The van der Waals surface area contributed by atoms with Crippen LogP contribution in [0.1, 0.15) is 58.9 Å². The molecule has 1 aromatic rings. The molecule has 3 heteroatoms. The molecule has 1 saturated carbocycles. The summed E-state index contributed by atoms with van der Waals surface area (Å²) in [6.45, 7) is 11.1. The second kappa shape index (κ2) is 7.79. The number of anilines is 1. The van der Waals surface area contributed by atoms with E-state index in [9.17, 15) is 0 Å². The van der Waals surface area contributed by atoms with Crippen LogP contribution in [0.15, 0.2) is 18.3 Å². The van der Waals surface area contributed by atoms with Gasteiger partial charge in [-0.2, -0.15) is 0 Å². The minimum absolute atomic E-state index is 0.593. The van der Waals surface area contributed by atoms with Gasteiger partial charge in [-0.25, -0.2) is 4.98 Å². The zero-order valence-corrected chi connectivity index (χ0v) is 14.1. The van der Waals surface area contributed by atoms with E-state index in [0.29, 0.717) is 12.0 Å². The summed E-state index contributed by atoms with van der Waals surface area (Å²) in [5.74, 6) is 1.79. The van der Waals surface area contributed by atoms with Gasteiger partial charge < -0.3 is 10.2 Å². The van der Waals surface area contributed by atoms with Gasteiger partial charge in [0.05, 0.1) is 0 Å². The van der Waals surface area contributed by atoms with Crippen molar-refractivity contribution in [2.45, 2.75) is 72.0 Å². The van der Waals surface area contributed by atoms with Gasteiger partial charge in [-0.15, -0.1) is 0 Å². The van der Waals surface area contributed by atoms with Crippen molar-refractivity contribution >= 4 is 5.82 Å². The Balaban J connectivity index is 2.03. The van der Waals surface area contributed by atoms with E-state index in [1.165, 1.54) is 31.2 Å². The Bertz CT molecular complexity index is 405. The molecule has 1 aliphatic rings. The molecule has 0 aliphatic heterocycles. The van der Waals surface area contributed by atoms with Crippen molar-refractivity contribution in [2.24, 2.45) is 5.92 Å². The van der Waals surface area contributed by atoms with Crippen molar-refractivity contribution in [3.63, 3.8) is 0 Å². The summed E-state index contributed by atoms with van der Waals surface area (Å²) in [4.78, 5) is 7.22. The quantitative estimate of drug-likeness (QED) is 0.745. The van der Waals surface area contributed by atoms with Gasteiger partial charge in [0.15, 0.2) is 0 Å². The van der Waals surface area contributed by atoms with Gasteiger partial charge in [-0.05, 0) is 43.2 Å². The molecule has 1 fully saturated rings. The normalized spacial score (nSPS) is 15.0. The highest BCUT2D eigenvalue weighted by molar-refractivity contribution is 5.40. The monoisotopic (exact) mass is 289 g/mol. The predicted molar refractivity (Wildman–Crippen MR) is 90.7 cm³/mol. The molecule has 3 nitrogen and oxygen atoms in total. The van der Waals surface area contributed by atoms with Crippen molar-refractivity contribution in [2.75, 3.05) is 11.4 Å². The lowest BCUT2D eigenvalue weighted by Gasteiger charge is -2.33. The highest BCUT2D eigenvalue weighted by Gasteiger charge is 2.20. The van der Waals surface area contributed by atoms with E-state index < -0.39 is 0 Å².